The molecule has 0 aromatic carbocycles. The largest absolute Gasteiger partial charge is 0.303 e. The summed E-state index contributed by atoms with van der Waals surface area (Å²) in [5.74, 6) is 0. The number of hydrogen-bond donors (Lipinski definition) is 0. The van der Waals surface area contributed by atoms with Gasteiger partial charge in [-0.15, -0.1) is 6.58 Å². The summed E-state index contributed by atoms with van der Waals surface area (Å²) in [7, 11) is 0. The molecule has 18 heavy (non-hydrogen) atoms. The fourth-order valence-electron chi connectivity index (χ4n) is 2.76. The summed E-state index contributed by atoms with van der Waals surface area (Å²) < 4.78 is 0. The quantitative estimate of drug-likeness (QED) is 0.476. The third-order valence-corrected chi connectivity index (χ3v) is 3.89. The van der Waals surface area contributed by atoms with Gasteiger partial charge in [-0.25, -0.2) is 0 Å². The fourth-order valence-corrected chi connectivity index (χ4v) is 2.76. The average Bonchev–Trinajstić information content (AvgIpc) is 2.35. The molecule has 1 atom stereocenters. The van der Waals surface area contributed by atoms with Gasteiger partial charge in [0, 0.05) is 5.41 Å². The Hall–Kier alpha value is -1.11. The van der Waals surface area contributed by atoms with Gasteiger partial charge in [0.15, 0.2) is 0 Å². The minimum Gasteiger partial charge on any atom is -0.303 e. The number of aldehydes is 1. The highest BCUT2D eigenvalue weighted by Gasteiger charge is 2.32. The lowest BCUT2D eigenvalue weighted by Crippen LogP contribution is -2.26. The van der Waals surface area contributed by atoms with E-state index in [1.54, 1.807) is 0 Å². The van der Waals surface area contributed by atoms with E-state index in [2.05, 4.69) is 32.6 Å². The molecular formula is C17H26O. The molecule has 1 aliphatic carbocycles. The number of rotatable bonds is 6. The van der Waals surface area contributed by atoms with Crippen LogP contribution in [0.4, 0.5) is 0 Å². The lowest BCUT2D eigenvalue weighted by Gasteiger charge is -2.32. The Morgan fingerprint density at radius 3 is 2.78 bits per heavy atom. The molecule has 0 aromatic rings. The Kier molecular flexibility index (Phi) is 5.58. The predicted octanol–water partition coefficient (Wildman–Crippen LogP) is 4.99. The van der Waals surface area contributed by atoms with Crippen LogP contribution >= 0.6 is 0 Å². The summed E-state index contributed by atoms with van der Waals surface area (Å²) in [4.78, 5) is 11.5. The molecule has 0 saturated heterocycles. The smallest absolute Gasteiger partial charge is 0.126 e. The maximum Gasteiger partial charge on any atom is 0.126 e. The molecule has 1 unspecified atom stereocenters. The monoisotopic (exact) mass is 246 g/mol. The molecule has 0 saturated carbocycles. The highest BCUT2D eigenvalue weighted by molar-refractivity contribution is 5.61. The van der Waals surface area contributed by atoms with E-state index >= 15 is 0 Å². The van der Waals surface area contributed by atoms with Gasteiger partial charge in [-0.2, -0.15) is 0 Å². The molecule has 1 heteroatoms. The minimum atomic E-state index is -0.167. The average molecular weight is 246 g/mol. The van der Waals surface area contributed by atoms with E-state index < -0.39 is 0 Å². The van der Waals surface area contributed by atoms with Crippen molar-refractivity contribution >= 4 is 6.29 Å². The van der Waals surface area contributed by atoms with Crippen LogP contribution in [0.25, 0.3) is 0 Å². The van der Waals surface area contributed by atoms with Crippen molar-refractivity contribution in [1.29, 1.82) is 0 Å². The molecule has 0 spiro atoms. The summed E-state index contributed by atoms with van der Waals surface area (Å²) in [6, 6.07) is 0. The van der Waals surface area contributed by atoms with Crippen LogP contribution in [0.15, 0.2) is 35.5 Å². The van der Waals surface area contributed by atoms with Crippen LogP contribution in [0, 0.1) is 5.41 Å². The number of allylic oxidation sites excluding steroid dienone is 5. The molecule has 1 nitrogen and oxygen atoms in total. The van der Waals surface area contributed by atoms with Gasteiger partial charge in [-0.3, -0.25) is 0 Å². The van der Waals surface area contributed by atoms with Crippen molar-refractivity contribution in [3.8, 4) is 0 Å². The highest BCUT2D eigenvalue weighted by atomic mass is 16.1. The SMILES string of the molecule is C=C(C)CC1(C=O)CCC=C(CC/C(C)=C/C)C1. The first kappa shape index (κ1) is 14.9. The van der Waals surface area contributed by atoms with Gasteiger partial charge in [0.25, 0.3) is 0 Å². The molecule has 1 aliphatic rings. The summed E-state index contributed by atoms with van der Waals surface area (Å²) in [6.07, 6.45) is 11.7. The third kappa shape index (κ3) is 4.29. The van der Waals surface area contributed by atoms with Gasteiger partial charge < -0.3 is 4.79 Å². The number of carbonyl (C=O) groups excluding carboxylic acids is 1. The highest BCUT2D eigenvalue weighted by Crippen LogP contribution is 2.40. The van der Waals surface area contributed by atoms with E-state index in [1.807, 2.05) is 6.92 Å². The van der Waals surface area contributed by atoms with Crippen LogP contribution < -0.4 is 0 Å². The van der Waals surface area contributed by atoms with Crippen molar-refractivity contribution in [2.75, 3.05) is 0 Å². The van der Waals surface area contributed by atoms with Crippen molar-refractivity contribution in [2.45, 2.75) is 59.3 Å². The molecule has 0 fully saturated rings. The normalized spacial score (nSPS) is 24.6. The first-order chi connectivity index (χ1) is 8.51. The van der Waals surface area contributed by atoms with Crippen molar-refractivity contribution in [2.24, 2.45) is 5.41 Å². The topological polar surface area (TPSA) is 17.1 Å². The van der Waals surface area contributed by atoms with Crippen LogP contribution in [0.3, 0.4) is 0 Å². The summed E-state index contributed by atoms with van der Waals surface area (Å²) in [6.45, 7) is 10.2. The molecule has 100 valence electrons. The van der Waals surface area contributed by atoms with E-state index in [0.717, 1.165) is 44.1 Å². The van der Waals surface area contributed by atoms with Crippen molar-refractivity contribution in [3.63, 3.8) is 0 Å². The summed E-state index contributed by atoms with van der Waals surface area (Å²) in [5.41, 5.74) is 3.83. The molecule has 0 bridgehead atoms. The molecular weight excluding hydrogens is 220 g/mol. The van der Waals surface area contributed by atoms with E-state index in [0.29, 0.717) is 0 Å². The maximum atomic E-state index is 11.5. The second-order valence-electron chi connectivity index (χ2n) is 5.83. The van der Waals surface area contributed by atoms with Crippen LogP contribution in [-0.4, -0.2) is 6.29 Å². The molecule has 0 heterocycles. The first-order valence-corrected chi connectivity index (χ1v) is 6.92. The molecule has 1 rings (SSSR count). The zero-order valence-corrected chi connectivity index (χ0v) is 12.1. The molecule has 0 N–H and O–H groups in total. The van der Waals surface area contributed by atoms with E-state index in [1.165, 1.54) is 17.4 Å². The Morgan fingerprint density at radius 1 is 1.50 bits per heavy atom. The van der Waals surface area contributed by atoms with Crippen molar-refractivity contribution < 1.29 is 4.79 Å². The van der Waals surface area contributed by atoms with Gasteiger partial charge in [-0.1, -0.05) is 28.9 Å². The Morgan fingerprint density at radius 2 is 2.22 bits per heavy atom. The van der Waals surface area contributed by atoms with Gasteiger partial charge in [0.2, 0.25) is 0 Å². The van der Waals surface area contributed by atoms with E-state index in [4.69, 9.17) is 0 Å². The second kappa shape index (κ2) is 6.72. The lowest BCUT2D eigenvalue weighted by molar-refractivity contribution is -0.116. The van der Waals surface area contributed by atoms with Gasteiger partial charge in [0.05, 0.1) is 0 Å². The van der Waals surface area contributed by atoms with E-state index in [-0.39, 0.29) is 5.41 Å². The second-order valence-corrected chi connectivity index (χ2v) is 5.83. The minimum absolute atomic E-state index is 0.167. The van der Waals surface area contributed by atoms with Crippen molar-refractivity contribution in [3.05, 3.63) is 35.5 Å². The van der Waals surface area contributed by atoms with E-state index in [9.17, 15) is 4.79 Å². The Balaban J connectivity index is 2.65. The summed E-state index contributed by atoms with van der Waals surface area (Å²) >= 11 is 0. The maximum absolute atomic E-state index is 11.5. The zero-order valence-electron chi connectivity index (χ0n) is 12.1. The summed E-state index contributed by atoms with van der Waals surface area (Å²) in [5, 5.41) is 0. The first-order valence-electron chi connectivity index (χ1n) is 6.92. The number of hydrogen-bond acceptors (Lipinski definition) is 1. The lowest BCUT2D eigenvalue weighted by atomic mass is 9.71. The van der Waals surface area contributed by atoms with Crippen molar-refractivity contribution in [1.82, 2.24) is 0 Å². The molecule has 0 amide bonds. The standard InChI is InChI=1S/C17H26O/c1-5-15(4)8-9-16-7-6-10-17(12-16,13-18)11-14(2)3/h5,7,13H,2,6,8-12H2,1,3-4H3/b15-5+. The third-order valence-electron chi connectivity index (χ3n) is 3.89. The fraction of sp³-hybridized carbons (Fsp3) is 0.588. The Bertz CT molecular complexity index is 373. The van der Waals surface area contributed by atoms with Crippen LogP contribution in [-0.2, 0) is 4.79 Å². The zero-order chi connectivity index (χ0) is 13.6. The molecule has 0 aromatic heterocycles. The van der Waals surface area contributed by atoms with Gasteiger partial charge in [-0.05, 0) is 59.3 Å². The predicted molar refractivity (Wildman–Crippen MR) is 78.5 cm³/mol. The number of carbonyl (C=O) groups is 1. The van der Waals surface area contributed by atoms with Gasteiger partial charge >= 0.3 is 0 Å². The van der Waals surface area contributed by atoms with Gasteiger partial charge in [0.1, 0.15) is 6.29 Å². The van der Waals surface area contributed by atoms with Crippen LogP contribution in [0.2, 0.25) is 0 Å². The van der Waals surface area contributed by atoms with Crippen LogP contribution in [0.5, 0.6) is 0 Å². The molecule has 0 aliphatic heterocycles. The molecule has 0 radical (unpaired) electrons. The Labute approximate surface area is 112 Å². The van der Waals surface area contributed by atoms with Crippen LogP contribution in [0.1, 0.15) is 59.3 Å².